The van der Waals surface area contributed by atoms with Crippen molar-refractivity contribution < 1.29 is 13.2 Å². The number of carbonyl (C=O) groups excluding carboxylic acids is 1. The second kappa shape index (κ2) is 6.84. The Kier molecular flexibility index (Phi) is 5.50. The lowest BCUT2D eigenvalue weighted by Gasteiger charge is -2.32. The van der Waals surface area contributed by atoms with Crippen molar-refractivity contribution in [1.29, 1.82) is 0 Å². The summed E-state index contributed by atoms with van der Waals surface area (Å²) in [4.78, 5) is 16.9. The SMILES string of the molecule is CC[C@@H]1CN(C(=O)[C@@H]2CCCN(S(C)(=O)=O)C2)C[C@H]1N(C)C. The molecule has 2 heterocycles. The van der Waals surface area contributed by atoms with Crippen molar-refractivity contribution in [3.63, 3.8) is 0 Å². The van der Waals surface area contributed by atoms with Gasteiger partial charge in [0.2, 0.25) is 15.9 Å². The molecule has 0 spiro atoms. The molecule has 1 amide bonds. The van der Waals surface area contributed by atoms with Crippen molar-refractivity contribution in [2.24, 2.45) is 11.8 Å². The lowest BCUT2D eigenvalue weighted by atomic mass is 9.98. The molecule has 7 heteroatoms. The topological polar surface area (TPSA) is 60.9 Å². The molecule has 2 rings (SSSR count). The van der Waals surface area contributed by atoms with E-state index in [-0.39, 0.29) is 11.8 Å². The molecule has 22 heavy (non-hydrogen) atoms. The van der Waals surface area contributed by atoms with Gasteiger partial charge < -0.3 is 9.80 Å². The number of carbonyl (C=O) groups is 1. The number of hydrogen-bond acceptors (Lipinski definition) is 4. The fourth-order valence-corrected chi connectivity index (χ4v) is 4.64. The molecule has 2 aliphatic heterocycles. The highest BCUT2D eigenvalue weighted by Crippen LogP contribution is 2.27. The number of rotatable bonds is 4. The van der Waals surface area contributed by atoms with Gasteiger partial charge >= 0.3 is 0 Å². The number of hydrogen-bond donors (Lipinski definition) is 0. The molecular weight excluding hydrogens is 302 g/mol. The second-order valence-electron chi connectivity index (χ2n) is 6.90. The smallest absolute Gasteiger partial charge is 0.227 e. The quantitative estimate of drug-likeness (QED) is 0.751. The van der Waals surface area contributed by atoms with Crippen molar-refractivity contribution in [3.8, 4) is 0 Å². The Bertz CT molecular complexity index is 506. The maximum atomic E-state index is 12.8. The van der Waals surface area contributed by atoms with Crippen LogP contribution >= 0.6 is 0 Å². The van der Waals surface area contributed by atoms with Crippen LogP contribution in [-0.2, 0) is 14.8 Å². The molecule has 0 bridgehead atoms. The summed E-state index contributed by atoms with van der Waals surface area (Å²) in [5.41, 5.74) is 0. The van der Waals surface area contributed by atoms with Crippen LogP contribution in [0.25, 0.3) is 0 Å². The molecule has 128 valence electrons. The molecule has 2 aliphatic rings. The monoisotopic (exact) mass is 331 g/mol. The van der Waals surface area contributed by atoms with Gasteiger partial charge in [0.05, 0.1) is 12.2 Å². The minimum atomic E-state index is -3.20. The summed E-state index contributed by atoms with van der Waals surface area (Å²) in [5.74, 6) is 0.464. The second-order valence-corrected chi connectivity index (χ2v) is 8.89. The minimum Gasteiger partial charge on any atom is -0.340 e. The third-order valence-electron chi connectivity index (χ3n) is 5.11. The number of likely N-dealkylation sites (N-methyl/N-ethyl adjacent to an activating group) is 1. The summed E-state index contributed by atoms with van der Waals surface area (Å²) in [6.45, 7) is 4.62. The molecule has 2 saturated heterocycles. The Morgan fingerprint density at radius 1 is 1.23 bits per heavy atom. The van der Waals surface area contributed by atoms with Gasteiger partial charge in [0, 0.05) is 32.2 Å². The van der Waals surface area contributed by atoms with Crippen LogP contribution in [0.2, 0.25) is 0 Å². The van der Waals surface area contributed by atoms with E-state index in [1.54, 1.807) is 0 Å². The third kappa shape index (κ3) is 3.81. The lowest BCUT2D eigenvalue weighted by Crippen LogP contribution is -2.46. The summed E-state index contributed by atoms with van der Waals surface area (Å²) in [6, 6.07) is 0.406. The van der Waals surface area contributed by atoms with Gasteiger partial charge in [0.15, 0.2) is 0 Å². The predicted octanol–water partition coefficient (Wildman–Crippen LogP) is 0.457. The minimum absolute atomic E-state index is 0.135. The molecule has 3 atom stereocenters. The summed E-state index contributed by atoms with van der Waals surface area (Å²) >= 11 is 0. The zero-order chi connectivity index (χ0) is 16.5. The van der Waals surface area contributed by atoms with Crippen LogP contribution in [0.1, 0.15) is 26.2 Å². The van der Waals surface area contributed by atoms with Crippen LogP contribution in [0.3, 0.4) is 0 Å². The maximum Gasteiger partial charge on any atom is 0.227 e. The molecule has 0 radical (unpaired) electrons. The van der Waals surface area contributed by atoms with Crippen LogP contribution < -0.4 is 0 Å². The van der Waals surface area contributed by atoms with Crippen molar-refractivity contribution in [2.45, 2.75) is 32.2 Å². The molecule has 0 aromatic carbocycles. The number of sulfonamides is 1. The fourth-order valence-electron chi connectivity index (χ4n) is 3.72. The number of likely N-dealkylation sites (tertiary alicyclic amines) is 1. The molecule has 2 fully saturated rings. The van der Waals surface area contributed by atoms with Crippen LogP contribution in [-0.4, -0.2) is 81.0 Å². The molecule has 0 aromatic heterocycles. The summed E-state index contributed by atoms with van der Waals surface area (Å²) in [5, 5.41) is 0. The Balaban J connectivity index is 2.03. The van der Waals surface area contributed by atoms with E-state index in [0.717, 1.165) is 32.4 Å². The number of piperidine rings is 1. The first-order chi connectivity index (χ1) is 10.2. The van der Waals surface area contributed by atoms with Crippen LogP contribution in [0, 0.1) is 11.8 Å². The van der Waals surface area contributed by atoms with Gasteiger partial charge in [-0.1, -0.05) is 13.3 Å². The highest BCUT2D eigenvalue weighted by Gasteiger charge is 2.39. The van der Waals surface area contributed by atoms with E-state index < -0.39 is 10.0 Å². The van der Waals surface area contributed by atoms with Crippen LogP contribution in [0.5, 0.6) is 0 Å². The average Bonchev–Trinajstić information content (AvgIpc) is 2.90. The first-order valence-corrected chi connectivity index (χ1v) is 9.99. The van der Waals surface area contributed by atoms with Gasteiger partial charge in [-0.05, 0) is 32.9 Å². The van der Waals surface area contributed by atoms with Crippen molar-refractivity contribution in [1.82, 2.24) is 14.1 Å². The van der Waals surface area contributed by atoms with Crippen molar-refractivity contribution in [3.05, 3.63) is 0 Å². The molecule has 0 unspecified atom stereocenters. The first-order valence-electron chi connectivity index (χ1n) is 8.14. The van der Waals surface area contributed by atoms with Crippen molar-refractivity contribution in [2.75, 3.05) is 46.5 Å². The zero-order valence-corrected chi connectivity index (χ0v) is 15.0. The van der Waals surface area contributed by atoms with E-state index in [9.17, 15) is 13.2 Å². The molecular formula is C15H29N3O3S. The highest BCUT2D eigenvalue weighted by molar-refractivity contribution is 7.88. The molecule has 0 aliphatic carbocycles. The molecule has 0 saturated carbocycles. The maximum absolute atomic E-state index is 12.8. The van der Waals surface area contributed by atoms with E-state index in [2.05, 4.69) is 25.9 Å². The highest BCUT2D eigenvalue weighted by atomic mass is 32.2. The van der Waals surface area contributed by atoms with Gasteiger partial charge in [0.1, 0.15) is 0 Å². The largest absolute Gasteiger partial charge is 0.340 e. The van der Waals surface area contributed by atoms with E-state index in [1.807, 2.05) is 4.90 Å². The van der Waals surface area contributed by atoms with Crippen molar-refractivity contribution >= 4 is 15.9 Å². The first kappa shape index (κ1) is 17.7. The van der Waals surface area contributed by atoms with E-state index >= 15 is 0 Å². The van der Waals surface area contributed by atoms with E-state index in [0.29, 0.717) is 25.0 Å². The summed E-state index contributed by atoms with van der Waals surface area (Å²) in [7, 11) is 0.924. The van der Waals surface area contributed by atoms with E-state index in [1.165, 1.54) is 10.6 Å². The average molecular weight is 331 g/mol. The fraction of sp³-hybridized carbons (Fsp3) is 0.933. The third-order valence-corrected chi connectivity index (χ3v) is 6.38. The summed E-state index contributed by atoms with van der Waals surface area (Å²) in [6.07, 6.45) is 3.86. The standard InChI is InChI=1S/C15H29N3O3S/c1-5-12-9-17(11-14(12)16(2)3)15(19)13-7-6-8-18(10-13)22(4,20)21/h12-14H,5-11H2,1-4H3/t12-,13-,14-/m1/s1. The Morgan fingerprint density at radius 3 is 2.41 bits per heavy atom. The predicted molar refractivity (Wildman–Crippen MR) is 87.0 cm³/mol. The van der Waals surface area contributed by atoms with Gasteiger partial charge in [-0.15, -0.1) is 0 Å². The molecule has 0 aromatic rings. The van der Waals surface area contributed by atoms with Gasteiger partial charge in [-0.2, -0.15) is 0 Å². The van der Waals surface area contributed by atoms with Gasteiger partial charge in [-0.3, -0.25) is 4.79 Å². The van der Waals surface area contributed by atoms with Gasteiger partial charge in [-0.25, -0.2) is 12.7 Å². The Morgan fingerprint density at radius 2 is 1.91 bits per heavy atom. The lowest BCUT2D eigenvalue weighted by molar-refractivity contribution is -0.135. The van der Waals surface area contributed by atoms with Gasteiger partial charge in [0.25, 0.3) is 0 Å². The van der Waals surface area contributed by atoms with E-state index in [4.69, 9.17) is 0 Å². The molecule has 6 nitrogen and oxygen atoms in total. The Hall–Kier alpha value is -0.660. The molecule has 0 N–H and O–H groups in total. The zero-order valence-electron chi connectivity index (χ0n) is 14.2. The Labute approximate surface area is 134 Å². The number of amides is 1. The normalized spacial score (nSPS) is 31.0. The summed E-state index contributed by atoms with van der Waals surface area (Å²) < 4.78 is 24.9. The number of nitrogens with zero attached hydrogens (tertiary/aromatic N) is 3. The van der Waals surface area contributed by atoms with Crippen LogP contribution in [0.4, 0.5) is 0 Å². The van der Waals surface area contributed by atoms with Crippen LogP contribution in [0.15, 0.2) is 0 Å².